The van der Waals surface area contributed by atoms with Crippen LogP contribution in [0.1, 0.15) is 22.5 Å². The summed E-state index contributed by atoms with van der Waals surface area (Å²) in [5.41, 5.74) is 5.32. The molecule has 0 N–H and O–H groups in total. The maximum atomic E-state index is 12.4. The number of aromatic nitrogens is 3. The van der Waals surface area contributed by atoms with Crippen LogP contribution in [-0.4, -0.2) is 52.5 Å². The van der Waals surface area contributed by atoms with Gasteiger partial charge < -0.3 is 23.2 Å². The van der Waals surface area contributed by atoms with Gasteiger partial charge in [-0.05, 0) is 47.9 Å². The normalized spacial score (nSPS) is 13.8. The van der Waals surface area contributed by atoms with Gasteiger partial charge >= 0.3 is 0 Å². The lowest BCUT2D eigenvalue weighted by molar-refractivity contribution is 0.0767. The Morgan fingerprint density at radius 3 is 2.62 bits per heavy atom. The van der Waals surface area contributed by atoms with Crippen molar-refractivity contribution in [2.75, 3.05) is 27.3 Å². The third kappa shape index (κ3) is 3.60. The topological polar surface area (TPSA) is 82.1 Å². The average molecular weight is 430 g/mol. The Kier molecular flexibility index (Phi) is 5.10. The van der Waals surface area contributed by atoms with Crippen molar-refractivity contribution in [3.63, 3.8) is 0 Å². The molecule has 162 valence electrons. The number of ether oxygens (including phenoxy) is 2. The average Bonchev–Trinajstić information content (AvgIpc) is 3.53. The van der Waals surface area contributed by atoms with Crippen LogP contribution in [0.5, 0.6) is 11.5 Å². The molecule has 8 heteroatoms. The van der Waals surface area contributed by atoms with Crippen molar-refractivity contribution in [1.82, 2.24) is 19.3 Å². The predicted octanol–water partition coefficient (Wildman–Crippen LogP) is 3.94. The molecule has 3 aromatic heterocycles. The quantitative estimate of drug-likeness (QED) is 0.477. The molecule has 1 aromatic carbocycles. The van der Waals surface area contributed by atoms with Gasteiger partial charge in [-0.1, -0.05) is 6.08 Å². The minimum Gasteiger partial charge on any atom is -0.493 e. The molecule has 0 fully saturated rings. The largest absolute Gasteiger partial charge is 0.493 e. The van der Waals surface area contributed by atoms with E-state index in [9.17, 15) is 4.79 Å². The second-order valence-corrected chi connectivity index (χ2v) is 7.48. The molecule has 0 spiro atoms. The van der Waals surface area contributed by atoms with Crippen LogP contribution in [0.2, 0.25) is 0 Å². The van der Waals surface area contributed by atoms with E-state index in [0.29, 0.717) is 30.3 Å². The molecule has 0 unspecified atom stereocenters. The van der Waals surface area contributed by atoms with Crippen molar-refractivity contribution in [3.8, 4) is 22.8 Å². The summed E-state index contributed by atoms with van der Waals surface area (Å²) >= 11 is 0. The smallest absolute Gasteiger partial charge is 0.276 e. The highest BCUT2D eigenvalue weighted by Crippen LogP contribution is 2.32. The molecule has 1 amide bonds. The van der Waals surface area contributed by atoms with E-state index in [4.69, 9.17) is 18.9 Å². The van der Waals surface area contributed by atoms with Gasteiger partial charge in [0.15, 0.2) is 23.6 Å². The van der Waals surface area contributed by atoms with Crippen LogP contribution < -0.4 is 9.47 Å². The number of fused-ring (bicyclic) bond motifs is 1. The summed E-state index contributed by atoms with van der Waals surface area (Å²) < 4.78 is 17.7. The Bertz CT molecular complexity index is 1310. The predicted molar refractivity (Wildman–Crippen MR) is 119 cm³/mol. The van der Waals surface area contributed by atoms with Gasteiger partial charge in [-0.2, -0.15) is 0 Å². The lowest BCUT2D eigenvalue weighted by Crippen LogP contribution is -2.34. The highest BCUT2D eigenvalue weighted by atomic mass is 16.5. The van der Waals surface area contributed by atoms with Gasteiger partial charge in [0.05, 0.1) is 19.9 Å². The molecule has 0 bridgehead atoms. The first-order valence-corrected chi connectivity index (χ1v) is 10.2. The van der Waals surface area contributed by atoms with Crippen LogP contribution in [0.4, 0.5) is 0 Å². The number of carbonyl (C=O) groups is 1. The molecular formula is C24H22N4O4. The number of amides is 1. The number of nitrogens with zero attached hydrogens (tertiary/aromatic N) is 4. The summed E-state index contributed by atoms with van der Waals surface area (Å²) in [6.45, 7) is 1.18. The molecule has 1 aliphatic rings. The number of carbonyl (C=O) groups excluding carboxylic acids is 1. The van der Waals surface area contributed by atoms with E-state index in [-0.39, 0.29) is 5.91 Å². The molecule has 1 aliphatic heterocycles. The van der Waals surface area contributed by atoms with Crippen LogP contribution in [0.3, 0.4) is 0 Å². The standard InChI is InChI=1S/C24H22N4O4/c1-30-21-5-3-17(11-22(21)31-2)19-13-28-12-18(4-6-23(28)26-19)16-7-9-27(10-8-16)24(29)20-14-32-15-25-20/h3-7,11-15H,8-10H2,1-2H3. The summed E-state index contributed by atoms with van der Waals surface area (Å²) in [5.74, 6) is 1.24. The Morgan fingerprint density at radius 2 is 1.91 bits per heavy atom. The molecule has 32 heavy (non-hydrogen) atoms. The second kappa shape index (κ2) is 8.22. The molecule has 4 aromatic rings. The second-order valence-electron chi connectivity index (χ2n) is 7.48. The van der Waals surface area contributed by atoms with Crippen molar-refractivity contribution in [3.05, 3.63) is 72.7 Å². The summed E-state index contributed by atoms with van der Waals surface area (Å²) in [6, 6.07) is 9.84. The van der Waals surface area contributed by atoms with Crippen molar-refractivity contribution in [2.45, 2.75) is 6.42 Å². The first-order valence-electron chi connectivity index (χ1n) is 10.2. The summed E-state index contributed by atoms with van der Waals surface area (Å²) in [4.78, 5) is 22.9. The number of oxazole rings is 1. The van der Waals surface area contributed by atoms with Crippen LogP contribution in [0.25, 0.3) is 22.5 Å². The minimum absolute atomic E-state index is 0.112. The molecule has 4 heterocycles. The van der Waals surface area contributed by atoms with E-state index in [2.05, 4.69) is 23.3 Å². The zero-order valence-corrected chi connectivity index (χ0v) is 17.8. The number of methoxy groups -OCH3 is 2. The maximum absolute atomic E-state index is 12.4. The van der Waals surface area contributed by atoms with Crippen molar-refractivity contribution < 1.29 is 18.7 Å². The summed E-state index contributed by atoms with van der Waals surface area (Å²) in [7, 11) is 3.24. The van der Waals surface area contributed by atoms with Gasteiger partial charge in [0.2, 0.25) is 0 Å². The molecular weight excluding hydrogens is 408 g/mol. The van der Waals surface area contributed by atoms with Gasteiger partial charge in [0.1, 0.15) is 11.9 Å². The van der Waals surface area contributed by atoms with Gasteiger partial charge in [0, 0.05) is 31.0 Å². The molecule has 0 atom stereocenters. The van der Waals surface area contributed by atoms with Crippen molar-refractivity contribution in [1.29, 1.82) is 0 Å². The number of benzene rings is 1. The lowest BCUT2D eigenvalue weighted by Gasteiger charge is -2.25. The third-order valence-corrected chi connectivity index (χ3v) is 5.65. The number of rotatable bonds is 5. The van der Waals surface area contributed by atoms with Crippen LogP contribution in [0, 0.1) is 0 Å². The van der Waals surface area contributed by atoms with Crippen LogP contribution >= 0.6 is 0 Å². The number of hydrogen-bond acceptors (Lipinski definition) is 6. The van der Waals surface area contributed by atoms with Crippen LogP contribution in [0.15, 0.2) is 65.9 Å². The van der Waals surface area contributed by atoms with Gasteiger partial charge in [0.25, 0.3) is 5.91 Å². The zero-order chi connectivity index (χ0) is 22.1. The summed E-state index contributed by atoms with van der Waals surface area (Å²) in [5, 5.41) is 0. The number of hydrogen-bond donors (Lipinski definition) is 0. The lowest BCUT2D eigenvalue weighted by atomic mass is 10.0. The molecule has 5 rings (SSSR count). The highest BCUT2D eigenvalue weighted by Gasteiger charge is 2.21. The number of pyridine rings is 1. The van der Waals surface area contributed by atoms with Gasteiger partial charge in [-0.15, -0.1) is 0 Å². The fourth-order valence-corrected chi connectivity index (χ4v) is 3.91. The summed E-state index contributed by atoms with van der Waals surface area (Å²) in [6.07, 6.45) is 9.60. The Hall–Kier alpha value is -4.07. The molecule has 0 radical (unpaired) electrons. The number of imidazole rings is 1. The van der Waals surface area contributed by atoms with Crippen molar-refractivity contribution in [2.24, 2.45) is 0 Å². The maximum Gasteiger partial charge on any atom is 0.276 e. The Morgan fingerprint density at radius 1 is 1.06 bits per heavy atom. The zero-order valence-electron chi connectivity index (χ0n) is 17.8. The molecule has 0 saturated carbocycles. The molecule has 0 saturated heterocycles. The fourth-order valence-electron chi connectivity index (χ4n) is 3.91. The van der Waals surface area contributed by atoms with E-state index < -0.39 is 0 Å². The minimum atomic E-state index is -0.112. The SMILES string of the molecule is COc1ccc(-c2cn3cc(C4=CCN(C(=O)c5cocn5)CC4)ccc3n2)cc1OC. The molecule has 0 aliphatic carbocycles. The molecule has 8 nitrogen and oxygen atoms in total. The monoisotopic (exact) mass is 430 g/mol. The highest BCUT2D eigenvalue weighted by molar-refractivity contribution is 5.92. The van der Waals surface area contributed by atoms with Crippen molar-refractivity contribution >= 4 is 17.1 Å². The van der Waals surface area contributed by atoms with E-state index in [1.54, 1.807) is 19.1 Å². The van der Waals surface area contributed by atoms with Gasteiger partial charge in [-0.3, -0.25) is 4.79 Å². The first-order chi connectivity index (χ1) is 15.7. The Labute approximate surface area is 184 Å². The van der Waals surface area contributed by atoms with E-state index in [1.165, 1.54) is 18.2 Å². The van der Waals surface area contributed by atoms with Crippen LogP contribution in [-0.2, 0) is 0 Å². The third-order valence-electron chi connectivity index (χ3n) is 5.65. The van der Waals surface area contributed by atoms with E-state index >= 15 is 0 Å². The first kappa shape index (κ1) is 19.9. The fraction of sp³-hybridized carbons (Fsp3) is 0.208. The van der Waals surface area contributed by atoms with E-state index in [0.717, 1.165) is 28.9 Å². The van der Waals surface area contributed by atoms with Gasteiger partial charge in [-0.25, -0.2) is 9.97 Å². The van der Waals surface area contributed by atoms with E-state index in [1.807, 2.05) is 34.9 Å². The Balaban J connectivity index is 1.38.